The third-order valence-corrected chi connectivity index (χ3v) is 4.13. The molecule has 0 bridgehead atoms. The molecule has 3 rings (SSSR count). The molecule has 2 amide bonds. The lowest BCUT2D eigenvalue weighted by Gasteiger charge is -2.12. The molecule has 0 heterocycles. The van der Waals surface area contributed by atoms with Crippen molar-refractivity contribution >= 4 is 39.1 Å². The van der Waals surface area contributed by atoms with Crippen molar-refractivity contribution in [1.29, 1.82) is 0 Å². The highest BCUT2D eigenvalue weighted by Crippen LogP contribution is 2.21. The third kappa shape index (κ3) is 4.58. The third-order valence-electron chi connectivity index (χ3n) is 3.64. The molecule has 0 spiro atoms. The fraction of sp³-hybridized carbons (Fsp3) is 0.222. The maximum Gasteiger partial charge on any atom is 0.253 e. The lowest BCUT2D eigenvalue weighted by atomic mass is 10.1. The van der Waals surface area contributed by atoms with Crippen molar-refractivity contribution in [2.24, 2.45) is 0 Å². The average molecular weight is 388 g/mol. The van der Waals surface area contributed by atoms with Gasteiger partial charge in [0.15, 0.2) is 0 Å². The number of anilines is 2. The van der Waals surface area contributed by atoms with E-state index in [4.69, 9.17) is 0 Å². The summed E-state index contributed by atoms with van der Waals surface area (Å²) in [5, 5.41) is 8.79. The Labute approximate surface area is 149 Å². The van der Waals surface area contributed by atoms with Gasteiger partial charge in [-0.15, -0.1) is 0 Å². The molecule has 0 radical (unpaired) electrons. The smallest absolute Gasteiger partial charge is 0.253 e. The molecule has 2 aromatic rings. The second kappa shape index (κ2) is 7.49. The summed E-state index contributed by atoms with van der Waals surface area (Å²) >= 11 is 3.39. The topological polar surface area (TPSA) is 70.2 Å². The summed E-state index contributed by atoms with van der Waals surface area (Å²) < 4.78 is 0.940. The van der Waals surface area contributed by atoms with Crippen LogP contribution in [0.15, 0.2) is 53.0 Å². The molecule has 2 aromatic carbocycles. The predicted molar refractivity (Wildman–Crippen MR) is 98.2 cm³/mol. The Balaban J connectivity index is 1.60. The molecule has 1 saturated carbocycles. The fourth-order valence-corrected chi connectivity index (χ4v) is 2.66. The second-order valence-electron chi connectivity index (χ2n) is 5.71. The van der Waals surface area contributed by atoms with Gasteiger partial charge in [0.05, 0.1) is 17.8 Å². The summed E-state index contributed by atoms with van der Waals surface area (Å²) in [5.74, 6) is -0.352. The van der Waals surface area contributed by atoms with Crippen LogP contribution < -0.4 is 16.0 Å². The molecule has 0 unspecified atom stereocenters. The van der Waals surface area contributed by atoms with Crippen LogP contribution in [0.3, 0.4) is 0 Å². The second-order valence-corrected chi connectivity index (χ2v) is 6.62. The normalized spacial score (nSPS) is 13.2. The zero-order chi connectivity index (χ0) is 16.9. The number of carbonyl (C=O) groups excluding carboxylic acids is 2. The van der Waals surface area contributed by atoms with Gasteiger partial charge in [0.2, 0.25) is 5.91 Å². The van der Waals surface area contributed by atoms with Gasteiger partial charge in [-0.05, 0) is 43.2 Å². The van der Waals surface area contributed by atoms with E-state index in [1.54, 1.807) is 24.3 Å². The molecule has 6 heteroatoms. The maximum absolute atomic E-state index is 12.2. The van der Waals surface area contributed by atoms with E-state index in [1.807, 2.05) is 24.3 Å². The Hall–Kier alpha value is -2.34. The molecule has 1 aliphatic carbocycles. The summed E-state index contributed by atoms with van der Waals surface area (Å²) in [7, 11) is 0. The van der Waals surface area contributed by atoms with Gasteiger partial charge in [-0.3, -0.25) is 9.59 Å². The molecule has 3 N–H and O–H groups in total. The lowest BCUT2D eigenvalue weighted by Crippen LogP contribution is -2.28. The largest absolute Gasteiger partial charge is 0.376 e. The first-order chi connectivity index (χ1) is 11.6. The van der Waals surface area contributed by atoms with Crippen molar-refractivity contribution in [1.82, 2.24) is 5.32 Å². The molecule has 124 valence electrons. The summed E-state index contributed by atoms with van der Waals surface area (Å²) in [5.41, 5.74) is 1.86. The minimum Gasteiger partial charge on any atom is -0.376 e. The van der Waals surface area contributed by atoms with Crippen LogP contribution in [0.2, 0.25) is 0 Å². The van der Waals surface area contributed by atoms with Crippen molar-refractivity contribution in [3.63, 3.8) is 0 Å². The van der Waals surface area contributed by atoms with E-state index in [9.17, 15) is 9.59 Å². The number of para-hydroxylation sites is 1. The Morgan fingerprint density at radius 2 is 1.88 bits per heavy atom. The van der Waals surface area contributed by atoms with E-state index in [0.717, 1.165) is 23.0 Å². The first-order valence-corrected chi connectivity index (χ1v) is 8.60. The SMILES string of the molecule is O=C(CNc1cccc(Br)c1)Nc1ccccc1C(=O)NC1CC1. The van der Waals surface area contributed by atoms with Crippen molar-refractivity contribution in [2.45, 2.75) is 18.9 Å². The van der Waals surface area contributed by atoms with Gasteiger partial charge in [0.1, 0.15) is 0 Å². The molecule has 0 saturated heterocycles. The molecule has 5 nitrogen and oxygen atoms in total. The Bertz CT molecular complexity index is 759. The number of rotatable bonds is 6. The summed E-state index contributed by atoms with van der Waals surface area (Å²) in [6, 6.07) is 14.9. The van der Waals surface area contributed by atoms with Gasteiger partial charge < -0.3 is 16.0 Å². The first-order valence-electron chi connectivity index (χ1n) is 7.81. The highest BCUT2D eigenvalue weighted by molar-refractivity contribution is 9.10. The molecule has 1 aliphatic rings. The molecule has 0 atom stereocenters. The number of hydrogen-bond donors (Lipinski definition) is 3. The Morgan fingerprint density at radius 1 is 1.08 bits per heavy atom. The van der Waals surface area contributed by atoms with E-state index in [0.29, 0.717) is 11.3 Å². The number of carbonyl (C=O) groups is 2. The van der Waals surface area contributed by atoms with Crippen LogP contribution in [-0.4, -0.2) is 24.4 Å². The minimum atomic E-state index is -0.207. The van der Waals surface area contributed by atoms with Gasteiger partial charge in [-0.1, -0.05) is 34.1 Å². The quantitative estimate of drug-likeness (QED) is 0.711. The number of nitrogens with one attached hydrogen (secondary N) is 3. The van der Waals surface area contributed by atoms with Crippen LogP contribution in [0.5, 0.6) is 0 Å². The lowest BCUT2D eigenvalue weighted by molar-refractivity contribution is -0.114. The average Bonchev–Trinajstić information content (AvgIpc) is 3.37. The Morgan fingerprint density at radius 3 is 2.62 bits per heavy atom. The maximum atomic E-state index is 12.2. The summed E-state index contributed by atoms with van der Waals surface area (Å²) in [6.45, 7) is 0.120. The van der Waals surface area contributed by atoms with E-state index in [1.165, 1.54) is 0 Å². The molecular weight excluding hydrogens is 370 g/mol. The number of benzene rings is 2. The van der Waals surface area contributed by atoms with Crippen molar-refractivity contribution in [2.75, 3.05) is 17.2 Å². The van der Waals surface area contributed by atoms with Crippen LogP contribution in [0.25, 0.3) is 0 Å². The Kier molecular flexibility index (Phi) is 5.15. The summed E-state index contributed by atoms with van der Waals surface area (Å²) in [6.07, 6.45) is 2.05. The van der Waals surface area contributed by atoms with Gasteiger partial charge in [0, 0.05) is 16.2 Å². The van der Waals surface area contributed by atoms with Gasteiger partial charge in [-0.2, -0.15) is 0 Å². The summed E-state index contributed by atoms with van der Waals surface area (Å²) in [4.78, 5) is 24.4. The van der Waals surface area contributed by atoms with Crippen molar-refractivity contribution in [3.05, 3.63) is 58.6 Å². The minimum absolute atomic E-state index is 0.120. The van der Waals surface area contributed by atoms with E-state index < -0.39 is 0 Å². The van der Waals surface area contributed by atoms with Crippen molar-refractivity contribution in [3.8, 4) is 0 Å². The molecular formula is C18H18BrN3O2. The van der Waals surface area contributed by atoms with E-state index >= 15 is 0 Å². The van der Waals surface area contributed by atoms with Crippen LogP contribution in [0, 0.1) is 0 Å². The van der Waals surface area contributed by atoms with Gasteiger partial charge in [0.25, 0.3) is 5.91 Å². The van der Waals surface area contributed by atoms with Gasteiger partial charge >= 0.3 is 0 Å². The number of halogens is 1. The van der Waals surface area contributed by atoms with E-state index in [2.05, 4.69) is 31.9 Å². The van der Waals surface area contributed by atoms with Crippen LogP contribution in [0.1, 0.15) is 23.2 Å². The standard InChI is InChI=1S/C18H18BrN3O2/c19-12-4-3-5-14(10-12)20-11-17(23)22-16-7-2-1-6-15(16)18(24)21-13-8-9-13/h1-7,10,13,20H,8-9,11H2,(H,21,24)(H,22,23). The number of amides is 2. The van der Waals surface area contributed by atoms with Crippen LogP contribution in [-0.2, 0) is 4.79 Å². The fourth-order valence-electron chi connectivity index (χ4n) is 2.26. The van der Waals surface area contributed by atoms with E-state index in [-0.39, 0.29) is 24.4 Å². The monoisotopic (exact) mass is 387 g/mol. The van der Waals surface area contributed by atoms with Crippen molar-refractivity contribution < 1.29 is 9.59 Å². The first kappa shape index (κ1) is 16.5. The zero-order valence-electron chi connectivity index (χ0n) is 13.0. The van der Waals surface area contributed by atoms with Crippen LogP contribution in [0.4, 0.5) is 11.4 Å². The molecule has 24 heavy (non-hydrogen) atoms. The molecule has 1 fully saturated rings. The predicted octanol–water partition coefficient (Wildman–Crippen LogP) is 3.39. The van der Waals surface area contributed by atoms with Crippen LogP contribution >= 0.6 is 15.9 Å². The highest BCUT2D eigenvalue weighted by atomic mass is 79.9. The highest BCUT2D eigenvalue weighted by Gasteiger charge is 2.24. The number of hydrogen-bond acceptors (Lipinski definition) is 3. The van der Waals surface area contributed by atoms with Gasteiger partial charge in [-0.25, -0.2) is 0 Å². The zero-order valence-corrected chi connectivity index (χ0v) is 14.6. The molecule has 0 aliphatic heterocycles. The molecule has 0 aromatic heterocycles.